The van der Waals surface area contributed by atoms with E-state index in [4.69, 9.17) is 10.5 Å². The molecular formula is C36H47N5O5. The van der Waals surface area contributed by atoms with Crippen LogP contribution < -0.4 is 26.4 Å². The highest BCUT2D eigenvalue weighted by atomic mass is 16.5. The van der Waals surface area contributed by atoms with E-state index in [1.807, 2.05) is 81.4 Å². The number of carbonyl (C=O) groups excluding carboxylic acids is 3. The molecule has 6 N–H and O–H groups in total. The average Bonchev–Trinajstić information content (AvgIpc) is 3.40. The number of aliphatic hydroxyl groups excluding tert-OH is 1. The fraction of sp³-hybridized carbons (Fsp3) is 0.417. The summed E-state index contributed by atoms with van der Waals surface area (Å²) in [4.78, 5) is 40.1. The van der Waals surface area contributed by atoms with Crippen molar-refractivity contribution in [3.05, 3.63) is 95.1 Å². The third kappa shape index (κ3) is 10.5. The lowest BCUT2D eigenvalue weighted by Gasteiger charge is -2.29. The molecule has 1 aliphatic heterocycles. The van der Waals surface area contributed by atoms with Crippen LogP contribution in [0.15, 0.2) is 72.8 Å². The number of aliphatic hydroxyl groups is 1. The predicted octanol–water partition coefficient (Wildman–Crippen LogP) is 3.52. The van der Waals surface area contributed by atoms with Gasteiger partial charge in [0.1, 0.15) is 5.75 Å². The summed E-state index contributed by atoms with van der Waals surface area (Å²) in [6.45, 7) is 7.23. The normalized spacial score (nSPS) is 15.4. The second kappa shape index (κ2) is 16.7. The first kappa shape index (κ1) is 34.3. The largest absolute Gasteiger partial charge is 0.483 e. The second-order valence-corrected chi connectivity index (χ2v) is 12.4. The number of rotatable bonds is 16. The first-order valence-electron chi connectivity index (χ1n) is 15.9. The van der Waals surface area contributed by atoms with Crippen molar-refractivity contribution in [2.45, 2.75) is 64.6 Å². The van der Waals surface area contributed by atoms with Crippen LogP contribution in [-0.2, 0) is 22.4 Å². The molecule has 246 valence electrons. The number of hydrogen-bond acceptors (Lipinski definition) is 6. The maximum Gasteiger partial charge on any atom is 0.317 e. The Balaban J connectivity index is 1.44. The Morgan fingerprint density at radius 3 is 2.15 bits per heavy atom. The fourth-order valence-electron chi connectivity index (χ4n) is 6.03. The molecule has 0 aliphatic carbocycles. The minimum absolute atomic E-state index is 0.0374. The van der Waals surface area contributed by atoms with Gasteiger partial charge in [0.05, 0.1) is 12.1 Å². The van der Waals surface area contributed by atoms with Crippen LogP contribution in [0.4, 0.5) is 10.5 Å². The van der Waals surface area contributed by atoms with Gasteiger partial charge in [-0.15, -0.1) is 0 Å². The minimum Gasteiger partial charge on any atom is -0.483 e. The quantitative estimate of drug-likeness (QED) is 0.153. The van der Waals surface area contributed by atoms with Gasteiger partial charge in [-0.1, -0.05) is 67.6 Å². The van der Waals surface area contributed by atoms with Gasteiger partial charge in [-0.05, 0) is 73.4 Å². The third-order valence-electron chi connectivity index (χ3n) is 8.17. The molecule has 1 fully saturated rings. The number of amides is 4. The molecule has 10 heteroatoms. The maximum absolute atomic E-state index is 13.2. The number of nitrogens with two attached hydrogens (primary N) is 1. The zero-order valence-electron chi connectivity index (χ0n) is 27.0. The first-order valence-corrected chi connectivity index (χ1v) is 15.9. The Morgan fingerprint density at radius 2 is 1.57 bits per heavy atom. The molecule has 10 nitrogen and oxygen atoms in total. The van der Waals surface area contributed by atoms with E-state index in [9.17, 15) is 19.5 Å². The SMILES string of the molecule is Cc1cc(N)cc(C)c1OCC(=O)N[C@@H](Cc1ccccc1)[C@@H](O)C[C@H](Cc1ccccc1)NC(=O)CC(C)CN1CCNC1=O. The van der Waals surface area contributed by atoms with Crippen molar-refractivity contribution >= 4 is 23.5 Å². The van der Waals surface area contributed by atoms with E-state index in [1.54, 1.807) is 17.0 Å². The van der Waals surface area contributed by atoms with Gasteiger partial charge in [0.2, 0.25) is 5.91 Å². The van der Waals surface area contributed by atoms with Gasteiger partial charge in [0.25, 0.3) is 5.91 Å². The summed E-state index contributed by atoms with van der Waals surface area (Å²) in [6.07, 6.45) is 0.407. The van der Waals surface area contributed by atoms with Gasteiger partial charge < -0.3 is 36.4 Å². The van der Waals surface area contributed by atoms with Crippen molar-refractivity contribution in [1.82, 2.24) is 20.9 Å². The molecule has 0 bridgehead atoms. The van der Waals surface area contributed by atoms with Gasteiger partial charge >= 0.3 is 6.03 Å². The summed E-state index contributed by atoms with van der Waals surface area (Å²) in [5, 5.41) is 20.5. The van der Waals surface area contributed by atoms with Crippen molar-refractivity contribution in [3.63, 3.8) is 0 Å². The number of ether oxygens (including phenoxy) is 1. The van der Waals surface area contributed by atoms with Gasteiger partial charge in [-0.2, -0.15) is 0 Å². The van der Waals surface area contributed by atoms with Crippen LogP contribution in [0.3, 0.4) is 0 Å². The Morgan fingerprint density at radius 1 is 0.957 bits per heavy atom. The number of carbonyl (C=O) groups is 3. The van der Waals surface area contributed by atoms with Crippen LogP contribution in [0.1, 0.15) is 42.0 Å². The molecule has 1 heterocycles. The average molecular weight is 630 g/mol. The Kier molecular flexibility index (Phi) is 12.4. The standard InChI is InChI=1S/C36H47N5O5/c1-24(22-41-15-14-38-36(41)45)16-33(43)39-30(19-27-10-6-4-7-11-27)21-32(42)31(20-28-12-8-5-9-13-28)40-34(44)23-46-35-25(2)17-29(37)18-26(35)3/h4-13,17-18,24,30-32,42H,14-16,19-23,37H2,1-3H3,(H,38,45)(H,39,43)(H,40,44)/t24?,30-,31-,32-/m0/s1. The van der Waals surface area contributed by atoms with E-state index >= 15 is 0 Å². The second-order valence-electron chi connectivity index (χ2n) is 12.4. The molecule has 0 spiro atoms. The number of hydrogen-bond donors (Lipinski definition) is 5. The summed E-state index contributed by atoms with van der Waals surface area (Å²) in [5.41, 5.74) is 10.2. The third-order valence-corrected chi connectivity index (χ3v) is 8.17. The zero-order valence-corrected chi connectivity index (χ0v) is 27.0. The molecule has 3 aromatic carbocycles. The van der Waals surface area contributed by atoms with Gasteiger partial charge in [0.15, 0.2) is 6.61 Å². The number of aryl methyl sites for hydroxylation is 2. The summed E-state index contributed by atoms with van der Waals surface area (Å²) >= 11 is 0. The van der Waals surface area contributed by atoms with E-state index in [0.717, 1.165) is 22.3 Å². The molecular weight excluding hydrogens is 582 g/mol. The Bertz CT molecular complexity index is 1430. The van der Waals surface area contributed by atoms with Crippen molar-refractivity contribution < 1.29 is 24.2 Å². The highest BCUT2D eigenvalue weighted by Crippen LogP contribution is 2.26. The molecule has 4 rings (SSSR count). The molecule has 1 saturated heterocycles. The molecule has 3 aromatic rings. The van der Waals surface area contributed by atoms with Crippen LogP contribution in [0.25, 0.3) is 0 Å². The molecule has 0 saturated carbocycles. The summed E-state index contributed by atoms with van der Waals surface area (Å²) in [7, 11) is 0. The zero-order chi connectivity index (χ0) is 33.1. The number of nitrogen functional groups attached to an aromatic ring is 1. The topological polar surface area (TPSA) is 146 Å². The predicted molar refractivity (Wildman–Crippen MR) is 179 cm³/mol. The molecule has 0 aromatic heterocycles. The lowest BCUT2D eigenvalue weighted by molar-refractivity contribution is -0.125. The van der Waals surface area contributed by atoms with Crippen molar-refractivity contribution in [2.75, 3.05) is 32.0 Å². The number of benzene rings is 3. The van der Waals surface area contributed by atoms with E-state index in [-0.39, 0.29) is 43.2 Å². The number of anilines is 1. The molecule has 1 aliphatic rings. The Labute approximate surface area is 271 Å². The van der Waals surface area contributed by atoms with E-state index < -0.39 is 18.2 Å². The summed E-state index contributed by atoms with van der Waals surface area (Å²) in [6, 6.07) is 21.9. The van der Waals surface area contributed by atoms with Gasteiger partial charge in [-0.25, -0.2) is 4.79 Å². The lowest BCUT2D eigenvalue weighted by Crippen LogP contribution is -2.49. The van der Waals surface area contributed by atoms with Crippen LogP contribution >= 0.6 is 0 Å². The maximum atomic E-state index is 13.2. The highest BCUT2D eigenvalue weighted by molar-refractivity contribution is 5.78. The van der Waals surface area contributed by atoms with Crippen molar-refractivity contribution in [3.8, 4) is 5.75 Å². The van der Waals surface area contributed by atoms with Crippen molar-refractivity contribution in [1.29, 1.82) is 0 Å². The number of nitrogens with zero attached hydrogens (tertiary/aromatic N) is 1. The molecule has 4 amide bonds. The van der Waals surface area contributed by atoms with Crippen molar-refractivity contribution in [2.24, 2.45) is 5.92 Å². The van der Waals surface area contributed by atoms with Crippen LogP contribution in [0.5, 0.6) is 5.75 Å². The van der Waals surface area contributed by atoms with E-state index in [2.05, 4.69) is 16.0 Å². The summed E-state index contributed by atoms with van der Waals surface area (Å²) < 4.78 is 5.88. The Hall–Kier alpha value is -4.57. The first-order chi connectivity index (χ1) is 22.1. The minimum atomic E-state index is -0.969. The van der Waals surface area contributed by atoms with Crippen LogP contribution in [0.2, 0.25) is 0 Å². The molecule has 0 radical (unpaired) electrons. The monoisotopic (exact) mass is 629 g/mol. The lowest BCUT2D eigenvalue weighted by atomic mass is 9.93. The number of urea groups is 1. The molecule has 46 heavy (non-hydrogen) atoms. The molecule has 4 atom stereocenters. The molecule has 1 unspecified atom stereocenters. The highest BCUT2D eigenvalue weighted by Gasteiger charge is 2.28. The number of nitrogens with one attached hydrogen (secondary N) is 3. The van der Waals surface area contributed by atoms with Gasteiger partial charge in [-0.3, -0.25) is 9.59 Å². The summed E-state index contributed by atoms with van der Waals surface area (Å²) in [5.74, 6) is 0.0601. The van der Waals surface area contributed by atoms with E-state index in [0.29, 0.717) is 43.9 Å². The van der Waals surface area contributed by atoms with Gasteiger partial charge in [0, 0.05) is 37.8 Å². The van der Waals surface area contributed by atoms with E-state index in [1.165, 1.54) is 0 Å². The van der Waals surface area contributed by atoms with Crippen LogP contribution in [-0.4, -0.2) is 72.3 Å². The smallest absolute Gasteiger partial charge is 0.317 e. The fourth-order valence-corrected chi connectivity index (χ4v) is 6.03. The van der Waals surface area contributed by atoms with Crippen LogP contribution in [0, 0.1) is 19.8 Å².